The quantitative estimate of drug-likeness (QED) is 0.795. The van der Waals surface area contributed by atoms with Crippen LogP contribution in [0, 0.1) is 0 Å². The van der Waals surface area contributed by atoms with Gasteiger partial charge in [-0.3, -0.25) is 4.79 Å². The molecule has 0 spiro atoms. The average Bonchev–Trinajstić information content (AvgIpc) is 3.10. The molecule has 1 N–H and O–H groups in total. The van der Waals surface area contributed by atoms with E-state index in [1.807, 2.05) is 0 Å². The average molecular weight is 317 g/mol. The Balaban J connectivity index is 2.03. The first kappa shape index (κ1) is 16.5. The van der Waals surface area contributed by atoms with Gasteiger partial charge in [0.1, 0.15) is 5.76 Å². The van der Waals surface area contributed by atoms with Gasteiger partial charge < -0.3 is 23.9 Å². The minimum absolute atomic E-state index is 0.227. The van der Waals surface area contributed by atoms with Crippen LogP contribution in [0.15, 0.2) is 41.0 Å². The lowest BCUT2D eigenvalue weighted by atomic mass is 10.1. The smallest absolute Gasteiger partial charge is 0.244 e. The van der Waals surface area contributed by atoms with Gasteiger partial charge in [-0.15, -0.1) is 0 Å². The summed E-state index contributed by atoms with van der Waals surface area (Å²) in [5.74, 6) is 2.00. The van der Waals surface area contributed by atoms with Crippen LogP contribution >= 0.6 is 0 Å². The summed E-state index contributed by atoms with van der Waals surface area (Å²) in [6.45, 7) is 0.331. The zero-order valence-electron chi connectivity index (χ0n) is 13.3. The Morgan fingerprint density at radius 1 is 1.17 bits per heavy atom. The summed E-state index contributed by atoms with van der Waals surface area (Å²) in [5, 5.41) is 2.78. The molecule has 2 rings (SSSR count). The third kappa shape index (κ3) is 4.29. The Morgan fingerprint density at radius 2 is 1.87 bits per heavy atom. The van der Waals surface area contributed by atoms with Crippen LogP contribution in [0.4, 0.5) is 0 Å². The molecule has 0 radical (unpaired) electrons. The number of nitrogens with one attached hydrogen (secondary N) is 1. The van der Waals surface area contributed by atoms with E-state index in [0.717, 1.165) is 5.56 Å². The Kier molecular flexibility index (Phi) is 5.68. The largest absolute Gasteiger partial charge is 0.493 e. The van der Waals surface area contributed by atoms with Gasteiger partial charge in [0.25, 0.3) is 0 Å². The summed E-state index contributed by atoms with van der Waals surface area (Å²) < 4.78 is 20.9. The van der Waals surface area contributed by atoms with Crippen LogP contribution in [0.1, 0.15) is 11.3 Å². The molecule has 0 aliphatic heterocycles. The van der Waals surface area contributed by atoms with Gasteiger partial charge in [-0.1, -0.05) is 0 Å². The molecule has 122 valence electrons. The number of rotatable bonds is 7. The molecule has 6 heteroatoms. The van der Waals surface area contributed by atoms with E-state index in [1.165, 1.54) is 6.08 Å². The lowest BCUT2D eigenvalue weighted by molar-refractivity contribution is -0.116. The van der Waals surface area contributed by atoms with E-state index in [4.69, 9.17) is 18.6 Å². The molecule has 0 aliphatic carbocycles. The fraction of sp³-hybridized carbons (Fsp3) is 0.235. The number of methoxy groups -OCH3 is 3. The van der Waals surface area contributed by atoms with Crippen molar-refractivity contribution in [1.29, 1.82) is 0 Å². The highest BCUT2D eigenvalue weighted by atomic mass is 16.5. The fourth-order valence-corrected chi connectivity index (χ4v) is 2.03. The normalized spacial score (nSPS) is 10.6. The first-order valence-corrected chi connectivity index (χ1v) is 6.96. The zero-order valence-corrected chi connectivity index (χ0v) is 13.3. The van der Waals surface area contributed by atoms with E-state index in [-0.39, 0.29) is 5.91 Å². The molecule has 1 heterocycles. The van der Waals surface area contributed by atoms with Crippen molar-refractivity contribution in [2.75, 3.05) is 21.3 Å². The van der Waals surface area contributed by atoms with Crippen molar-refractivity contribution in [2.24, 2.45) is 0 Å². The number of furan rings is 1. The highest BCUT2D eigenvalue weighted by molar-refractivity contribution is 5.91. The number of ether oxygens (including phenoxy) is 3. The van der Waals surface area contributed by atoms with E-state index >= 15 is 0 Å². The molecule has 2 aromatic rings. The molecule has 0 fully saturated rings. The number of carbonyl (C=O) groups excluding carboxylic acids is 1. The van der Waals surface area contributed by atoms with Crippen molar-refractivity contribution >= 4 is 12.0 Å². The molecule has 0 aliphatic rings. The van der Waals surface area contributed by atoms with E-state index < -0.39 is 0 Å². The number of benzene rings is 1. The maximum Gasteiger partial charge on any atom is 0.244 e. The van der Waals surface area contributed by atoms with Gasteiger partial charge >= 0.3 is 0 Å². The Hall–Kier alpha value is -2.89. The van der Waals surface area contributed by atoms with Crippen LogP contribution in [-0.2, 0) is 11.3 Å². The third-order valence-corrected chi connectivity index (χ3v) is 3.13. The monoisotopic (exact) mass is 317 g/mol. The summed E-state index contributed by atoms with van der Waals surface area (Å²) in [7, 11) is 4.64. The van der Waals surface area contributed by atoms with Gasteiger partial charge in [-0.2, -0.15) is 0 Å². The highest BCUT2D eigenvalue weighted by Gasteiger charge is 2.13. The minimum Gasteiger partial charge on any atom is -0.493 e. The van der Waals surface area contributed by atoms with Gasteiger partial charge in [0.05, 0.1) is 27.6 Å². The van der Waals surface area contributed by atoms with Crippen LogP contribution in [0.3, 0.4) is 0 Å². The highest BCUT2D eigenvalue weighted by Crippen LogP contribution is 2.38. The van der Waals surface area contributed by atoms with Crippen LogP contribution < -0.4 is 19.5 Å². The molecule has 0 unspecified atom stereocenters. The van der Waals surface area contributed by atoms with Gasteiger partial charge in [0, 0.05) is 12.6 Å². The predicted octanol–water partition coefficient (Wildman–Crippen LogP) is 2.64. The Bertz CT molecular complexity index is 651. The van der Waals surface area contributed by atoms with Crippen molar-refractivity contribution in [3.8, 4) is 17.2 Å². The first-order valence-electron chi connectivity index (χ1n) is 6.96. The van der Waals surface area contributed by atoms with E-state index in [0.29, 0.717) is 29.6 Å². The number of amides is 1. The second-order valence-electron chi connectivity index (χ2n) is 4.60. The van der Waals surface area contributed by atoms with Gasteiger partial charge in [0.2, 0.25) is 11.7 Å². The molecular formula is C17H19NO5. The molecule has 6 nitrogen and oxygen atoms in total. The van der Waals surface area contributed by atoms with E-state index in [1.54, 1.807) is 57.9 Å². The molecule has 0 bridgehead atoms. The van der Waals surface area contributed by atoms with Gasteiger partial charge in [-0.25, -0.2) is 0 Å². The van der Waals surface area contributed by atoms with Crippen LogP contribution in [0.5, 0.6) is 17.2 Å². The van der Waals surface area contributed by atoms with Crippen LogP contribution in [0.25, 0.3) is 6.08 Å². The molecule has 1 amide bonds. The van der Waals surface area contributed by atoms with Crippen molar-refractivity contribution in [3.05, 3.63) is 47.9 Å². The van der Waals surface area contributed by atoms with Crippen LogP contribution in [0.2, 0.25) is 0 Å². The number of hydrogen-bond donors (Lipinski definition) is 1. The lowest BCUT2D eigenvalue weighted by Crippen LogP contribution is -2.20. The maximum absolute atomic E-state index is 11.8. The first-order chi connectivity index (χ1) is 11.2. The maximum atomic E-state index is 11.8. The second kappa shape index (κ2) is 7.93. The summed E-state index contributed by atoms with van der Waals surface area (Å²) in [4.78, 5) is 11.8. The fourth-order valence-electron chi connectivity index (χ4n) is 2.03. The van der Waals surface area contributed by atoms with Crippen molar-refractivity contribution < 1.29 is 23.4 Å². The molecule has 0 saturated carbocycles. The summed E-state index contributed by atoms with van der Waals surface area (Å²) in [6, 6.07) is 7.10. The lowest BCUT2D eigenvalue weighted by Gasteiger charge is -2.14. The second-order valence-corrected chi connectivity index (χ2v) is 4.60. The number of carbonyl (C=O) groups is 1. The van der Waals surface area contributed by atoms with Crippen molar-refractivity contribution in [3.63, 3.8) is 0 Å². The molecule has 0 saturated heterocycles. The number of hydrogen-bond acceptors (Lipinski definition) is 5. The molecule has 1 aromatic heterocycles. The van der Waals surface area contributed by atoms with Gasteiger partial charge in [-0.05, 0) is 35.9 Å². The Morgan fingerprint density at radius 3 is 2.39 bits per heavy atom. The summed E-state index contributed by atoms with van der Waals surface area (Å²) in [5.41, 5.74) is 0.833. The zero-order chi connectivity index (χ0) is 16.7. The topological polar surface area (TPSA) is 69.9 Å². The summed E-state index contributed by atoms with van der Waals surface area (Å²) >= 11 is 0. The molecule has 0 atom stereocenters. The predicted molar refractivity (Wildman–Crippen MR) is 85.7 cm³/mol. The van der Waals surface area contributed by atoms with Crippen LogP contribution in [-0.4, -0.2) is 27.2 Å². The molecular weight excluding hydrogens is 298 g/mol. The minimum atomic E-state index is -0.227. The van der Waals surface area contributed by atoms with E-state index in [2.05, 4.69) is 5.32 Å². The SMILES string of the molecule is COc1cc(CNC(=O)/C=C/c2ccco2)cc(OC)c1OC. The van der Waals surface area contributed by atoms with Crippen molar-refractivity contribution in [1.82, 2.24) is 5.32 Å². The summed E-state index contributed by atoms with van der Waals surface area (Å²) in [6.07, 6.45) is 4.56. The third-order valence-electron chi connectivity index (χ3n) is 3.13. The molecule has 23 heavy (non-hydrogen) atoms. The van der Waals surface area contributed by atoms with Crippen molar-refractivity contribution in [2.45, 2.75) is 6.54 Å². The Labute approximate surface area is 134 Å². The van der Waals surface area contributed by atoms with Gasteiger partial charge in [0.15, 0.2) is 11.5 Å². The van der Waals surface area contributed by atoms with E-state index in [9.17, 15) is 4.79 Å². The molecule has 1 aromatic carbocycles. The standard InChI is InChI=1S/C17H19NO5/c1-20-14-9-12(10-15(21-2)17(14)22-3)11-18-16(19)7-6-13-5-4-8-23-13/h4-10H,11H2,1-3H3,(H,18,19)/b7-6+.